The molecule has 5 saturated heterocycles. The van der Waals surface area contributed by atoms with Crippen molar-refractivity contribution in [2.45, 2.75) is 93.4 Å². The molecular weight excluding hydrogens is 1980 g/mol. The summed E-state index contributed by atoms with van der Waals surface area (Å²) in [6.45, 7) is 6.75. The quantitative estimate of drug-likeness (QED) is 0.0283. The van der Waals surface area contributed by atoms with E-state index in [1.165, 1.54) is 80.3 Å². The number of hydrogen-bond acceptors (Lipinski definition) is 30. The maximum absolute atomic E-state index is 13.1. The van der Waals surface area contributed by atoms with Crippen LogP contribution in [0, 0.1) is 6.92 Å². The number of nitrogens with one attached hydrogen (secondary N) is 11. The summed E-state index contributed by atoms with van der Waals surface area (Å²) in [5, 5.41) is 33.4. The molecule has 147 heavy (non-hydrogen) atoms. The largest absolute Gasteiger partial charge is 0.497 e. The number of furan rings is 2. The van der Waals surface area contributed by atoms with Gasteiger partial charge in [-0.1, -0.05) is 48.0 Å². The fraction of sp³-hybridized carbons (Fsp3) is 0.258. The minimum absolute atomic E-state index is 0.00355. The molecule has 0 bridgehead atoms. The monoisotopic (exact) mass is 2060 g/mol. The molecule has 8 aromatic heterocycles. The van der Waals surface area contributed by atoms with E-state index in [0.717, 1.165) is 33.3 Å². The summed E-state index contributed by atoms with van der Waals surface area (Å²) in [6, 6.07) is 33.7. The van der Waals surface area contributed by atoms with E-state index in [1.54, 1.807) is 133 Å². The Morgan fingerprint density at radius 3 is 1.07 bits per heavy atom. The molecule has 0 radical (unpaired) electrons. The highest BCUT2D eigenvalue weighted by Gasteiger charge is 2.59. The number of rotatable bonds is 22. The maximum atomic E-state index is 13.1. The fourth-order valence-corrected chi connectivity index (χ4v) is 20.4. The first-order valence-electron chi connectivity index (χ1n) is 44.9. The normalized spacial score (nSPS) is 20.7. The third kappa shape index (κ3) is 18.1. The van der Waals surface area contributed by atoms with Gasteiger partial charge in [0.2, 0.25) is 11.4 Å². The van der Waals surface area contributed by atoms with Crippen molar-refractivity contribution in [1.82, 2.24) is 107 Å². The first kappa shape index (κ1) is 98.2. The molecule has 18 heterocycles. The van der Waals surface area contributed by atoms with Gasteiger partial charge in [0.25, 0.3) is 59.1 Å². The Hall–Kier alpha value is -17.6. The molecule has 0 unspecified atom stereocenters. The average Bonchev–Trinajstić information content (AvgIpc) is 1.57. The van der Waals surface area contributed by atoms with E-state index >= 15 is 0 Å². The van der Waals surface area contributed by atoms with Crippen molar-refractivity contribution in [1.29, 1.82) is 0 Å². The molecule has 13 aromatic rings. The lowest BCUT2D eigenvalue weighted by Gasteiger charge is -2.29. The number of imidazole rings is 1. The number of urea groups is 5. The molecule has 11 N–H and O–H groups in total. The van der Waals surface area contributed by atoms with Crippen LogP contribution in [-0.4, -0.2) is 217 Å². The van der Waals surface area contributed by atoms with Crippen molar-refractivity contribution in [3.63, 3.8) is 0 Å². The molecule has 20 amide bonds. The van der Waals surface area contributed by atoms with Gasteiger partial charge in [0, 0.05) is 113 Å². The van der Waals surface area contributed by atoms with Crippen LogP contribution in [0.25, 0.3) is 27.8 Å². The lowest BCUT2D eigenvalue weighted by atomic mass is 9.95. The van der Waals surface area contributed by atoms with Crippen LogP contribution in [0.1, 0.15) is 133 Å². The summed E-state index contributed by atoms with van der Waals surface area (Å²) in [6.07, 6.45) is 0.910. The van der Waals surface area contributed by atoms with Gasteiger partial charge in [0.1, 0.15) is 45.9 Å². The first-order chi connectivity index (χ1) is 70.2. The molecule has 754 valence electrons. The second kappa shape index (κ2) is 37.9. The number of pyridine rings is 3. The number of aryl methyl sites for hydroxylation is 1. The molecule has 0 saturated carbocycles. The maximum Gasteiger partial charge on any atom is 0.417 e. The van der Waals surface area contributed by atoms with E-state index in [2.05, 4.69) is 83.4 Å². The van der Waals surface area contributed by atoms with Crippen LogP contribution in [0.2, 0.25) is 5.02 Å². The van der Waals surface area contributed by atoms with Crippen LogP contribution in [0.4, 0.5) is 42.3 Å². The second-order valence-corrected chi connectivity index (χ2v) is 37.9. The number of imide groups is 5. The van der Waals surface area contributed by atoms with E-state index in [0.29, 0.717) is 126 Å². The number of hydrogen-bond donors (Lipinski definition) is 11. The van der Waals surface area contributed by atoms with Crippen molar-refractivity contribution >= 4 is 156 Å². The number of halogens is 4. The van der Waals surface area contributed by atoms with Crippen LogP contribution in [0.3, 0.4) is 0 Å². The molecule has 10 aliphatic heterocycles. The number of benzene rings is 5. The summed E-state index contributed by atoms with van der Waals surface area (Å²) in [4.78, 5) is 217. The Balaban J connectivity index is 0.000000116. The molecule has 5 aromatic carbocycles. The molecule has 0 spiro atoms. The van der Waals surface area contributed by atoms with Crippen molar-refractivity contribution in [2.75, 3.05) is 73.6 Å². The van der Waals surface area contributed by atoms with Gasteiger partial charge >= 0.3 is 36.3 Å². The summed E-state index contributed by atoms with van der Waals surface area (Å²) < 4.78 is 78.3. The van der Waals surface area contributed by atoms with Crippen LogP contribution in [0.15, 0.2) is 178 Å². The lowest BCUT2D eigenvalue weighted by molar-refractivity contribution is -0.137. The Labute approximate surface area is 841 Å². The first-order valence-corrected chi connectivity index (χ1v) is 47.0. The number of methoxy groups -OCH3 is 5. The van der Waals surface area contributed by atoms with Gasteiger partial charge in [-0.05, 0) is 146 Å². The molecule has 5 atom stereocenters. The minimum Gasteiger partial charge on any atom is -0.497 e. The highest BCUT2D eigenvalue weighted by molar-refractivity contribution is 7.13. The van der Waals surface area contributed by atoms with Gasteiger partial charge in [-0.25, -0.2) is 48.9 Å². The molecular formula is C97H84ClF3N22O22S2. The zero-order valence-corrected chi connectivity index (χ0v) is 80.9. The van der Waals surface area contributed by atoms with Gasteiger partial charge in [-0.3, -0.25) is 74.5 Å². The van der Waals surface area contributed by atoms with Gasteiger partial charge in [-0.15, -0.1) is 22.7 Å². The predicted molar refractivity (Wildman–Crippen MR) is 511 cm³/mol. The summed E-state index contributed by atoms with van der Waals surface area (Å²) in [7, 11) is 7.60. The zero-order chi connectivity index (χ0) is 104. The number of carbonyl (C=O) groups is 15. The Morgan fingerprint density at radius 1 is 0.415 bits per heavy atom. The number of amides is 20. The molecule has 5 fully saturated rings. The number of aromatic nitrogens is 6. The number of carbonyl (C=O) groups excluding carboxylic acids is 15. The average molecular weight is 2070 g/mol. The smallest absolute Gasteiger partial charge is 0.417 e. The third-order valence-corrected chi connectivity index (χ3v) is 27.7. The third-order valence-electron chi connectivity index (χ3n) is 25.9. The van der Waals surface area contributed by atoms with E-state index in [4.69, 9.17) is 44.1 Å². The molecule has 0 aliphatic carbocycles. The molecule has 50 heteroatoms. The van der Waals surface area contributed by atoms with Crippen LogP contribution >= 0.6 is 34.3 Å². The number of thiazole rings is 2. The standard InChI is InChI=1S/C21H15F3N4O5.C20H15ClN4O5.C20H17N5O4.C19H21N5O4S.C17H16N4O4S/c1-32-13-3-2-10-8-28(17(29)14(10)6-13)9-20(18(30)26-19(31)27-20)15-5-11-4-12(21(22,23)24)7-25-16(11)33-15;1-29-13-3-2-10-8-25(17(26)14(10)6-13)9-20(18(27)23-19(28)24-20)15-5-11-4-12(21)7-22-16(11)30-15;1-29-13-6-5-12-9-25(17(26)14(12)8-13)11-20(18(27)22-19(28)23-20)15-10-24-7-3-2-4-16(24)21-15;1-10(2)20-18-21-14(8-29-18)19(16(26)22-17(27)23-19)9-24-7-11-4-5-12(28-3)6-13(11)15(24)25;1-9-18-13(7-26-9)17(15(23)19-16(24)20-17)8-21-6-10-3-4-11(25-2)5-12(10)14(21)22/h2-7H,8-9H2,1H3,(H2,26,27,30,31);2-7H,8-9H2,1H3,(H2,23,24,27,28);2-8,10H,9,11H2,1H3,(H2,22,23,27,28);4-6,8,10H,7,9H2,1-3H3,(H,20,21)(H2,22,23,26,27);3-5,7H,6,8H2,1-2H3,(H2,19,20,23,24)/t3*20-;19-;17-/m00000/s1. The van der Waals surface area contributed by atoms with Crippen LogP contribution in [-0.2, 0) is 90.6 Å². The predicted octanol–water partition coefficient (Wildman–Crippen LogP) is 8.57. The van der Waals surface area contributed by atoms with Gasteiger partial charge in [-0.2, -0.15) is 13.2 Å². The van der Waals surface area contributed by atoms with Gasteiger partial charge in [0.05, 0.1) is 101 Å². The van der Waals surface area contributed by atoms with E-state index in [-0.39, 0.29) is 104 Å². The lowest BCUT2D eigenvalue weighted by Crippen LogP contribution is -2.53. The van der Waals surface area contributed by atoms with Gasteiger partial charge in [0.15, 0.2) is 32.8 Å². The fourth-order valence-electron chi connectivity index (χ4n) is 18.6. The highest BCUT2D eigenvalue weighted by Crippen LogP contribution is 2.43. The topological polar surface area (TPSA) is 546 Å². The zero-order valence-electron chi connectivity index (χ0n) is 78.5. The minimum atomic E-state index is -4.62. The number of nitrogens with zero attached hydrogens (tertiary/aromatic N) is 11. The number of ether oxygens (including phenoxy) is 5. The number of anilines is 1. The summed E-state index contributed by atoms with van der Waals surface area (Å²) >= 11 is 8.72. The summed E-state index contributed by atoms with van der Waals surface area (Å²) in [5.74, 6) is -1.47. The van der Waals surface area contributed by atoms with Crippen molar-refractivity contribution in [3.05, 3.63) is 269 Å². The Morgan fingerprint density at radius 2 is 0.748 bits per heavy atom. The van der Waals surface area contributed by atoms with Crippen molar-refractivity contribution in [2.24, 2.45) is 0 Å². The van der Waals surface area contributed by atoms with Crippen LogP contribution < -0.4 is 82.2 Å². The number of fused-ring (bicyclic) bond motifs is 8. The van der Waals surface area contributed by atoms with E-state index in [9.17, 15) is 85.1 Å². The van der Waals surface area contributed by atoms with E-state index in [1.807, 2.05) is 51.1 Å². The molecule has 23 rings (SSSR count). The summed E-state index contributed by atoms with van der Waals surface area (Å²) in [5.41, 5.74) is -0.251. The molecule has 44 nitrogen and oxygen atoms in total. The SMILES string of the molecule is COc1ccc2c(c1)C(=O)N(C[C@@]1(c3cc4cc(C(F)(F)F)cnc4o3)NC(=O)NC1=O)C2.COc1ccc2c(c1)C(=O)N(C[C@@]1(c3cc4cc(Cl)cnc4o3)NC(=O)NC1=O)C2.COc1ccc2c(c1)C(=O)N(C[C@@]1(c3cn4ccccc4n3)NC(=O)NC1=O)C2.COc1ccc2c(c1)C(=O)N(C[C@@]1(c3csc(C)n3)NC(=O)NC1=O)C2.COc1ccc2c(c1)C(=O)N(C[C@@]1(c3csc(NC(C)C)n3)NC(=O)NC1=O)C2. The second-order valence-electron chi connectivity index (χ2n) is 35.6. The Bertz CT molecular complexity index is 7750. The Kier molecular flexibility index (Phi) is 25.3. The molecule has 10 aliphatic rings. The van der Waals surface area contributed by atoms with Crippen molar-refractivity contribution in [3.8, 4) is 28.7 Å². The highest BCUT2D eigenvalue weighted by atomic mass is 35.5. The van der Waals surface area contributed by atoms with E-state index < -0.39 is 105 Å². The van der Waals surface area contributed by atoms with Crippen LogP contribution in [0.5, 0.6) is 28.7 Å². The number of alkyl halides is 3. The van der Waals surface area contributed by atoms with Gasteiger partial charge < -0.3 is 93.3 Å². The van der Waals surface area contributed by atoms with Crippen molar-refractivity contribution < 1.29 is 118 Å².